The van der Waals surface area contributed by atoms with Crippen LogP contribution >= 0.6 is 0 Å². The van der Waals surface area contributed by atoms with E-state index < -0.39 is 17.8 Å². The Morgan fingerprint density at radius 1 is 1.08 bits per heavy atom. The molecule has 3 rings (SSSR count). The number of nitrogens with zero attached hydrogens (tertiary/aromatic N) is 1. The standard InChI is InChI=1S/C20H18N2O4/c1-3-13-6-10-16(11-7-13)22-19(24)17(18(23)21-22)12-14-4-8-15(9-5-14)20(25)26-2/h4-12H,3H2,1-2H3,(H,21,23). The summed E-state index contributed by atoms with van der Waals surface area (Å²) in [4.78, 5) is 36.3. The van der Waals surface area contributed by atoms with Gasteiger partial charge in [0.05, 0.1) is 18.4 Å². The number of methoxy groups -OCH3 is 1. The number of anilines is 1. The molecule has 1 fully saturated rings. The van der Waals surface area contributed by atoms with Crippen LogP contribution in [0.5, 0.6) is 0 Å². The molecule has 0 atom stereocenters. The molecule has 0 saturated carbocycles. The van der Waals surface area contributed by atoms with Crippen molar-refractivity contribution in [3.05, 3.63) is 70.8 Å². The van der Waals surface area contributed by atoms with Gasteiger partial charge in [-0.05, 0) is 47.9 Å². The summed E-state index contributed by atoms with van der Waals surface area (Å²) in [5.41, 5.74) is 5.39. The summed E-state index contributed by atoms with van der Waals surface area (Å²) in [6.07, 6.45) is 2.40. The van der Waals surface area contributed by atoms with E-state index in [2.05, 4.69) is 10.2 Å². The van der Waals surface area contributed by atoms with Crippen molar-refractivity contribution in [1.29, 1.82) is 0 Å². The van der Waals surface area contributed by atoms with E-state index in [1.807, 2.05) is 19.1 Å². The van der Waals surface area contributed by atoms with E-state index in [1.165, 1.54) is 18.2 Å². The summed E-state index contributed by atoms with van der Waals surface area (Å²) in [6, 6.07) is 13.9. The van der Waals surface area contributed by atoms with Gasteiger partial charge < -0.3 is 4.74 Å². The Labute approximate surface area is 151 Å². The van der Waals surface area contributed by atoms with Crippen LogP contribution in [0.25, 0.3) is 6.08 Å². The molecular weight excluding hydrogens is 332 g/mol. The van der Waals surface area contributed by atoms with Gasteiger partial charge in [-0.3, -0.25) is 15.0 Å². The van der Waals surface area contributed by atoms with Crippen LogP contribution in [0.3, 0.4) is 0 Å². The molecule has 0 aliphatic carbocycles. The fraction of sp³-hybridized carbons (Fsp3) is 0.150. The second kappa shape index (κ2) is 7.23. The molecular formula is C20H18N2O4. The third-order valence-corrected chi connectivity index (χ3v) is 4.14. The number of nitrogens with one attached hydrogen (secondary N) is 1. The molecule has 0 unspecified atom stereocenters. The van der Waals surface area contributed by atoms with Crippen LogP contribution in [0.4, 0.5) is 5.69 Å². The van der Waals surface area contributed by atoms with E-state index in [9.17, 15) is 14.4 Å². The molecule has 1 saturated heterocycles. The van der Waals surface area contributed by atoms with Crippen molar-refractivity contribution < 1.29 is 19.1 Å². The lowest BCUT2D eigenvalue weighted by atomic mass is 10.1. The first-order valence-electron chi connectivity index (χ1n) is 8.18. The molecule has 6 heteroatoms. The lowest BCUT2D eigenvalue weighted by molar-refractivity contribution is -0.117. The van der Waals surface area contributed by atoms with Gasteiger partial charge >= 0.3 is 5.97 Å². The van der Waals surface area contributed by atoms with Gasteiger partial charge in [-0.1, -0.05) is 31.2 Å². The van der Waals surface area contributed by atoms with Crippen LogP contribution in [-0.2, 0) is 20.7 Å². The molecule has 6 nitrogen and oxygen atoms in total. The lowest BCUT2D eigenvalue weighted by Gasteiger charge is -2.14. The van der Waals surface area contributed by atoms with E-state index in [1.54, 1.807) is 36.4 Å². The quantitative estimate of drug-likeness (QED) is 0.522. The average molecular weight is 350 g/mol. The van der Waals surface area contributed by atoms with Crippen molar-refractivity contribution in [2.45, 2.75) is 13.3 Å². The average Bonchev–Trinajstić information content (AvgIpc) is 2.96. The molecule has 0 radical (unpaired) electrons. The molecule has 2 aromatic rings. The van der Waals surface area contributed by atoms with Gasteiger partial charge in [0, 0.05) is 0 Å². The largest absolute Gasteiger partial charge is 0.465 e. The molecule has 26 heavy (non-hydrogen) atoms. The summed E-state index contributed by atoms with van der Waals surface area (Å²) >= 11 is 0. The Bertz CT molecular complexity index is 883. The molecule has 0 aromatic heterocycles. The van der Waals surface area contributed by atoms with E-state index in [0.29, 0.717) is 16.8 Å². The third-order valence-electron chi connectivity index (χ3n) is 4.14. The Morgan fingerprint density at radius 2 is 1.73 bits per heavy atom. The van der Waals surface area contributed by atoms with Gasteiger partial charge in [0.1, 0.15) is 5.57 Å². The van der Waals surface area contributed by atoms with Gasteiger partial charge in [0.2, 0.25) is 0 Å². The number of esters is 1. The smallest absolute Gasteiger partial charge is 0.337 e. The van der Waals surface area contributed by atoms with Crippen molar-refractivity contribution in [2.75, 3.05) is 12.1 Å². The fourth-order valence-corrected chi connectivity index (χ4v) is 2.62. The maximum Gasteiger partial charge on any atom is 0.337 e. The SMILES string of the molecule is CCc1ccc(N2NC(=O)C(=Cc3ccc(C(=O)OC)cc3)C2=O)cc1. The zero-order valence-electron chi connectivity index (χ0n) is 14.5. The number of rotatable bonds is 4. The van der Waals surface area contributed by atoms with Crippen LogP contribution < -0.4 is 10.4 Å². The third kappa shape index (κ3) is 3.35. The predicted molar refractivity (Wildman–Crippen MR) is 97.2 cm³/mol. The first-order chi connectivity index (χ1) is 12.5. The second-order valence-corrected chi connectivity index (χ2v) is 5.77. The second-order valence-electron chi connectivity index (χ2n) is 5.77. The van der Waals surface area contributed by atoms with Crippen molar-refractivity contribution in [1.82, 2.24) is 5.43 Å². The van der Waals surface area contributed by atoms with Crippen LogP contribution in [0.15, 0.2) is 54.1 Å². The number of carbonyl (C=O) groups is 3. The number of hydrogen-bond donors (Lipinski definition) is 1. The predicted octanol–water partition coefficient (Wildman–Crippen LogP) is 2.50. The zero-order chi connectivity index (χ0) is 18.7. The summed E-state index contributed by atoms with van der Waals surface area (Å²) in [7, 11) is 1.31. The van der Waals surface area contributed by atoms with E-state index in [4.69, 9.17) is 0 Å². The molecule has 1 aliphatic heterocycles. The lowest BCUT2D eigenvalue weighted by Crippen LogP contribution is -2.35. The van der Waals surface area contributed by atoms with Gasteiger partial charge in [-0.15, -0.1) is 0 Å². The van der Waals surface area contributed by atoms with Gasteiger partial charge in [-0.25, -0.2) is 9.80 Å². The topological polar surface area (TPSA) is 75.7 Å². The van der Waals surface area contributed by atoms with Crippen LogP contribution in [0.1, 0.15) is 28.4 Å². The highest BCUT2D eigenvalue weighted by Crippen LogP contribution is 2.22. The van der Waals surface area contributed by atoms with Crippen molar-refractivity contribution in [2.24, 2.45) is 0 Å². The van der Waals surface area contributed by atoms with E-state index in [0.717, 1.165) is 12.0 Å². The molecule has 2 aromatic carbocycles. The molecule has 132 valence electrons. The fourth-order valence-electron chi connectivity index (χ4n) is 2.62. The van der Waals surface area contributed by atoms with E-state index >= 15 is 0 Å². The molecule has 0 spiro atoms. The highest BCUT2D eigenvalue weighted by atomic mass is 16.5. The number of aryl methyl sites for hydroxylation is 1. The zero-order valence-corrected chi connectivity index (χ0v) is 14.5. The normalized spacial score (nSPS) is 15.3. The first kappa shape index (κ1) is 17.4. The Balaban J connectivity index is 1.84. The first-order valence-corrected chi connectivity index (χ1v) is 8.18. The maximum absolute atomic E-state index is 12.6. The summed E-state index contributed by atoms with van der Waals surface area (Å²) < 4.78 is 4.64. The van der Waals surface area contributed by atoms with Crippen molar-refractivity contribution in [3.8, 4) is 0 Å². The number of carbonyl (C=O) groups excluding carboxylic acids is 3. The monoisotopic (exact) mass is 350 g/mol. The summed E-state index contributed by atoms with van der Waals surface area (Å²) in [5, 5.41) is 1.23. The summed E-state index contributed by atoms with van der Waals surface area (Å²) in [6.45, 7) is 2.05. The number of benzene rings is 2. The Hall–Kier alpha value is -3.41. The molecule has 0 bridgehead atoms. The number of amides is 2. The summed E-state index contributed by atoms with van der Waals surface area (Å²) in [5.74, 6) is -1.33. The molecule has 1 heterocycles. The molecule has 1 N–H and O–H groups in total. The van der Waals surface area contributed by atoms with E-state index in [-0.39, 0.29) is 5.57 Å². The van der Waals surface area contributed by atoms with Crippen LogP contribution in [0.2, 0.25) is 0 Å². The Kier molecular flexibility index (Phi) is 4.84. The van der Waals surface area contributed by atoms with Crippen LogP contribution in [0, 0.1) is 0 Å². The minimum Gasteiger partial charge on any atom is -0.465 e. The van der Waals surface area contributed by atoms with Crippen molar-refractivity contribution in [3.63, 3.8) is 0 Å². The van der Waals surface area contributed by atoms with Crippen molar-refractivity contribution >= 4 is 29.5 Å². The van der Waals surface area contributed by atoms with Gasteiger partial charge in [-0.2, -0.15) is 0 Å². The number of hydrogen-bond acceptors (Lipinski definition) is 4. The van der Waals surface area contributed by atoms with Crippen LogP contribution in [-0.4, -0.2) is 24.9 Å². The molecule has 2 amide bonds. The number of hydrazine groups is 1. The van der Waals surface area contributed by atoms with Gasteiger partial charge in [0.15, 0.2) is 0 Å². The molecule has 1 aliphatic rings. The maximum atomic E-state index is 12.6. The minimum atomic E-state index is -0.466. The minimum absolute atomic E-state index is 0.0374. The van der Waals surface area contributed by atoms with Gasteiger partial charge in [0.25, 0.3) is 11.8 Å². The highest BCUT2D eigenvalue weighted by Gasteiger charge is 2.34. The highest BCUT2D eigenvalue weighted by molar-refractivity contribution is 6.31. The number of ether oxygens (including phenoxy) is 1. The Morgan fingerprint density at radius 3 is 2.31 bits per heavy atom.